The van der Waals surface area contributed by atoms with E-state index < -0.39 is 10.0 Å². The number of nitrogens with one attached hydrogen (secondary N) is 1. The van der Waals surface area contributed by atoms with Crippen LogP contribution in [0.2, 0.25) is 0 Å². The fourth-order valence-electron chi connectivity index (χ4n) is 2.98. The lowest BCUT2D eigenvalue weighted by atomic mass is 10.00. The van der Waals surface area contributed by atoms with Gasteiger partial charge in [0.1, 0.15) is 12.4 Å². The van der Waals surface area contributed by atoms with Crippen LogP contribution in [0.15, 0.2) is 89.8 Å². The smallest absolute Gasteiger partial charge is 0.241 e. The van der Waals surface area contributed by atoms with Crippen molar-refractivity contribution >= 4 is 10.0 Å². The van der Waals surface area contributed by atoms with Crippen LogP contribution >= 0.6 is 0 Å². The number of hydrogen-bond acceptors (Lipinski definition) is 4. The van der Waals surface area contributed by atoms with Crippen LogP contribution in [0.4, 0.5) is 0 Å². The van der Waals surface area contributed by atoms with Crippen LogP contribution in [0.3, 0.4) is 0 Å². The molecule has 0 amide bonds. The predicted molar refractivity (Wildman–Crippen MR) is 113 cm³/mol. The molecule has 3 rings (SSSR count). The number of benzene rings is 3. The molecule has 0 aliphatic rings. The first kappa shape index (κ1) is 21.0. The molecule has 0 saturated heterocycles. The van der Waals surface area contributed by atoms with Crippen molar-refractivity contribution in [2.24, 2.45) is 0 Å². The lowest BCUT2D eigenvalue weighted by Crippen LogP contribution is -2.30. The van der Waals surface area contributed by atoms with Crippen molar-refractivity contribution in [2.75, 3.05) is 20.3 Å². The van der Waals surface area contributed by atoms with Gasteiger partial charge in [-0.3, -0.25) is 0 Å². The molecule has 0 radical (unpaired) electrons. The second-order valence-corrected chi connectivity index (χ2v) is 8.30. The summed E-state index contributed by atoms with van der Waals surface area (Å²) in [7, 11) is -2.10. The van der Waals surface area contributed by atoms with Gasteiger partial charge in [0.25, 0.3) is 0 Å². The van der Waals surface area contributed by atoms with Gasteiger partial charge in [0.15, 0.2) is 0 Å². The minimum Gasteiger partial charge on any atom is -0.491 e. The van der Waals surface area contributed by atoms with E-state index in [0.717, 1.165) is 11.1 Å². The van der Waals surface area contributed by atoms with Crippen molar-refractivity contribution in [3.05, 3.63) is 96.1 Å². The summed E-state index contributed by atoms with van der Waals surface area (Å²) in [6.45, 7) is 0.883. The fourth-order valence-corrected chi connectivity index (χ4v) is 4.20. The molecule has 0 saturated carbocycles. The lowest BCUT2D eigenvalue weighted by Gasteiger charge is -2.20. The number of methoxy groups -OCH3 is 1. The molecular weight excluding hydrogens is 386 g/mol. The van der Waals surface area contributed by atoms with Crippen LogP contribution in [0, 0.1) is 0 Å². The zero-order valence-corrected chi connectivity index (χ0v) is 17.1. The van der Waals surface area contributed by atoms with Crippen molar-refractivity contribution < 1.29 is 17.9 Å². The van der Waals surface area contributed by atoms with Crippen molar-refractivity contribution in [3.8, 4) is 5.75 Å². The van der Waals surface area contributed by atoms with Gasteiger partial charge in [-0.2, -0.15) is 0 Å². The highest BCUT2D eigenvalue weighted by Gasteiger charge is 2.22. The van der Waals surface area contributed by atoms with Crippen molar-refractivity contribution in [1.29, 1.82) is 0 Å². The highest BCUT2D eigenvalue weighted by atomic mass is 32.2. The quantitative estimate of drug-likeness (QED) is 0.513. The Balaban J connectivity index is 1.78. The van der Waals surface area contributed by atoms with Gasteiger partial charge < -0.3 is 9.47 Å². The largest absolute Gasteiger partial charge is 0.491 e. The molecule has 0 aromatic heterocycles. The molecule has 1 N–H and O–H groups in total. The van der Waals surface area contributed by atoms with Crippen LogP contribution in [0.25, 0.3) is 0 Å². The van der Waals surface area contributed by atoms with Gasteiger partial charge >= 0.3 is 0 Å². The third-order valence-corrected chi connectivity index (χ3v) is 5.96. The number of hydrogen-bond donors (Lipinski definition) is 1. The SMILES string of the molecule is COCCOc1ccc(S(=O)(=O)NC(Cc2ccccc2)c2ccccc2)cc1. The van der Waals surface area contributed by atoms with Crippen LogP contribution < -0.4 is 9.46 Å². The molecule has 3 aromatic rings. The molecule has 1 atom stereocenters. The first-order chi connectivity index (χ1) is 14.1. The maximum absolute atomic E-state index is 13.0. The van der Waals surface area contributed by atoms with E-state index in [-0.39, 0.29) is 10.9 Å². The van der Waals surface area contributed by atoms with E-state index in [4.69, 9.17) is 9.47 Å². The molecule has 0 bridgehead atoms. The highest BCUT2D eigenvalue weighted by molar-refractivity contribution is 7.89. The molecule has 29 heavy (non-hydrogen) atoms. The van der Waals surface area contributed by atoms with E-state index in [1.54, 1.807) is 31.4 Å². The summed E-state index contributed by atoms with van der Waals surface area (Å²) in [4.78, 5) is 0.200. The summed E-state index contributed by atoms with van der Waals surface area (Å²) < 4.78 is 39.3. The average molecular weight is 412 g/mol. The summed E-state index contributed by atoms with van der Waals surface area (Å²) in [5.41, 5.74) is 1.98. The van der Waals surface area contributed by atoms with Crippen LogP contribution in [-0.4, -0.2) is 28.7 Å². The van der Waals surface area contributed by atoms with Crippen LogP contribution in [0.1, 0.15) is 17.2 Å². The van der Waals surface area contributed by atoms with E-state index in [1.165, 1.54) is 0 Å². The third kappa shape index (κ3) is 6.15. The van der Waals surface area contributed by atoms with E-state index in [9.17, 15) is 8.42 Å². The monoisotopic (exact) mass is 411 g/mol. The first-order valence-electron chi connectivity index (χ1n) is 9.41. The predicted octanol–water partition coefficient (Wildman–Crippen LogP) is 3.97. The molecule has 3 aromatic carbocycles. The van der Waals surface area contributed by atoms with Gasteiger partial charge in [0, 0.05) is 7.11 Å². The highest BCUT2D eigenvalue weighted by Crippen LogP contribution is 2.23. The van der Waals surface area contributed by atoms with Crippen LogP contribution in [-0.2, 0) is 21.2 Å². The van der Waals surface area contributed by atoms with E-state index >= 15 is 0 Å². The molecule has 0 aliphatic carbocycles. The summed E-state index contributed by atoms with van der Waals surface area (Å²) in [5.74, 6) is 0.602. The maximum Gasteiger partial charge on any atom is 0.241 e. The van der Waals surface area contributed by atoms with Gasteiger partial charge in [-0.05, 0) is 41.8 Å². The molecule has 0 aliphatic heterocycles. The van der Waals surface area contributed by atoms with Gasteiger partial charge in [-0.25, -0.2) is 13.1 Å². The molecule has 6 heteroatoms. The zero-order chi connectivity index (χ0) is 20.5. The Morgan fingerprint density at radius 1 is 0.828 bits per heavy atom. The molecule has 1 unspecified atom stereocenters. The van der Waals surface area contributed by atoms with Gasteiger partial charge in [-0.15, -0.1) is 0 Å². The minimum atomic E-state index is -3.70. The van der Waals surface area contributed by atoms with Crippen LogP contribution in [0.5, 0.6) is 5.75 Å². The van der Waals surface area contributed by atoms with Crippen molar-refractivity contribution in [1.82, 2.24) is 4.72 Å². The fraction of sp³-hybridized carbons (Fsp3) is 0.217. The minimum absolute atomic E-state index is 0.200. The molecular formula is C23H25NO4S. The maximum atomic E-state index is 13.0. The van der Waals surface area contributed by atoms with E-state index in [0.29, 0.717) is 25.4 Å². The van der Waals surface area contributed by atoms with Crippen molar-refractivity contribution in [3.63, 3.8) is 0 Å². The van der Waals surface area contributed by atoms with E-state index in [2.05, 4.69) is 4.72 Å². The molecule has 0 fully saturated rings. The summed E-state index contributed by atoms with van der Waals surface area (Å²) in [6.07, 6.45) is 0.558. The Labute approximate surface area is 172 Å². The molecule has 0 spiro atoms. The average Bonchev–Trinajstić information content (AvgIpc) is 2.75. The zero-order valence-electron chi connectivity index (χ0n) is 16.3. The number of sulfonamides is 1. The van der Waals surface area contributed by atoms with Gasteiger partial charge in [0.2, 0.25) is 10.0 Å². The molecule has 5 nitrogen and oxygen atoms in total. The summed E-state index contributed by atoms with van der Waals surface area (Å²) in [5, 5.41) is 0. The van der Waals surface area contributed by atoms with E-state index in [1.807, 2.05) is 60.7 Å². The Morgan fingerprint density at radius 2 is 1.45 bits per heavy atom. The summed E-state index contributed by atoms with van der Waals surface area (Å²) in [6, 6.07) is 25.5. The Bertz CT molecular complexity index is 974. The van der Waals surface area contributed by atoms with Crippen molar-refractivity contribution in [2.45, 2.75) is 17.4 Å². The Hall–Kier alpha value is -2.67. The Morgan fingerprint density at radius 3 is 2.07 bits per heavy atom. The lowest BCUT2D eigenvalue weighted by molar-refractivity contribution is 0.146. The second kappa shape index (κ2) is 10.2. The second-order valence-electron chi connectivity index (χ2n) is 6.59. The summed E-state index contributed by atoms with van der Waals surface area (Å²) >= 11 is 0. The topological polar surface area (TPSA) is 64.6 Å². The molecule has 152 valence electrons. The Kier molecular flexibility index (Phi) is 7.41. The molecule has 0 heterocycles. The number of ether oxygens (including phenoxy) is 2. The third-order valence-electron chi connectivity index (χ3n) is 4.47. The van der Waals surface area contributed by atoms with Gasteiger partial charge in [0.05, 0.1) is 17.5 Å². The standard InChI is InChI=1S/C23H25NO4S/c1-27-16-17-28-21-12-14-22(15-13-21)29(25,26)24-23(20-10-6-3-7-11-20)18-19-8-4-2-5-9-19/h2-15,23-24H,16-18H2,1H3. The number of rotatable bonds is 10. The first-order valence-corrected chi connectivity index (χ1v) is 10.9. The normalized spacial score (nSPS) is 12.4. The van der Waals surface area contributed by atoms with Gasteiger partial charge in [-0.1, -0.05) is 60.7 Å².